The molecule has 0 bridgehead atoms. The van der Waals surface area contributed by atoms with E-state index in [4.69, 9.17) is 23.8 Å². The Kier molecular flexibility index (Phi) is 5.31. The number of hydrogen-bond donors (Lipinski definition) is 2. The molecule has 0 fully saturated rings. The molecule has 0 aliphatic heterocycles. The Bertz CT molecular complexity index is 683. The Labute approximate surface area is 135 Å². The van der Waals surface area contributed by atoms with Gasteiger partial charge in [-0.25, -0.2) is 0 Å². The van der Waals surface area contributed by atoms with Crippen molar-refractivity contribution in [2.45, 2.75) is 13.8 Å². The van der Waals surface area contributed by atoms with Gasteiger partial charge in [0, 0.05) is 16.3 Å². The summed E-state index contributed by atoms with van der Waals surface area (Å²) in [6, 6.07) is 13.6. The first-order chi connectivity index (χ1) is 10.1. The van der Waals surface area contributed by atoms with Crippen LogP contribution in [0.5, 0.6) is 0 Å². The first-order valence-corrected chi connectivity index (χ1v) is 7.27. The topological polar surface area (TPSA) is 36.4 Å². The first kappa shape index (κ1) is 15.5. The lowest BCUT2D eigenvalue weighted by Gasteiger charge is -2.10. The third-order valence-electron chi connectivity index (χ3n) is 2.91. The highest BCUT2D eigenvalue weighted by molar-refractivity contribution is 7.80. The molecule has 5 heteroatoms. The number of nitrogens with zero attached hydrogens (tertiary/aromatic N) is 1. The van der Waals surface area contributed by atoms with E-state index in [1.807, 2.05) is 43.3 Å². The molecular formula is C16H16ClN3S. The molecule has 0 aromatic heterocycles. The first-order valence-electron chi connectivity index (χ1n) is 6.48. The third-order valence-corrected chi connectivity index (χ3v) is 3.44. The van der Waals surface area contributed by atoms with Crippen molar-refractivity contribution in [3.05, 3.63) is 64.2 Å². The van der Waals surface area contributed by atoms with Gasteiger partial charge in [-0.05, 0) is 43.8 Å². The summed E-state index contributed by atoms with van der Waals surface area (Å²) in [5, 5.41) is 8.28. The summed E-state index contributed by atoms with van der Waals surface area (Å²) in [6.45, 7) is 4.09. The zero-order valence-electron chi connectivity index (χ0n) is 11.9. The van der Waals surface area contributed by atoms with Crippen LogP contribution in [0.3, 0.4) is 0 Å². The monoisotopic (exact) mass is 317 g/mol. The summed E-state index contributed by atoms with van der Waals surface area (Å²) < 4.78 is 0. The summed E-state index contributed by atoms with van der Waals surface area (Å²) in [7, 11) is 0. The smallest absolute Gasteiger partial charge is 0.191 e. The summed E-state index contributed by atoms with van der Waals surface area (Å²) in [4.78, 5) is 0. The van der Waals surface area contributed by atoms with Crippen LogP contribution in [0.1, 0.15) is 16.7 Å². The number of anilines is 1. The lowest BCUT2D eigenvalue weighted by atomic mass is 10.1. The van der Waals surface area contributed by atoms with Crippen molar-refractivity contribution in [1.29, 1.82) is 0 Å². The third kappa shape index (κ3) is 4.55. The number of rotatable bonds is 3. The van der Waals surface area contributed by atoms with Crippen molar-refractivity contribution in [2.75, 3.05) is 5.32 Å². The van der Waals surface area contributed by atoms with Gasteiger partial charge in [-0.2, -0.15) is 5.10 Å². The number of aryl methyl sites for hydroxylation is 2. The highest BCUT2D eigenvalue weighted by Crippen LogP contribution is 2.15. The van der Waals surface area contributed by atoms with Gasteiger partial charge in [0.25, 0.3) is 0 Å². The van der Waals surface area contributed by atoms with Crippen molar-refractivity contribution >= 4 is 40.8 Å². The molecule has 21 heavy (non-hydrogen) atoms. The molecule has 0 aliphatic rings. The van der Waals surface area contributed by atoms with Gasteiger partial charge in [-0.1, -0.05) is 47.5 Å². The molecule has 0 unspecified atom stereocenters. The maximum absolute atomic E-state index is 6.04. The van der Waals surface area contributed by atoms with E-state index in [2.05, 4.69) is 28.8 Å². The van der Waals surface area contributed by atoms with Gasteiger partial charge in [0.15, 0.2) is 5.11 Å². The van der Waals surface area contributed by atoms with Crippen LogP contribution in [-0.4, -0.2) is 11.3 Å². The Hall–Kier alpha value is -1.91. The quantitative estimate of drug-likeness (QED) is 0.504. The lowest BCUT2D eigenvalue weighted by Crippen LogP contribution is -2.24. The van der Waals surface area contributed by atoms with Gasteiger partial charge in [0.05, 0.1) is 6.21 Å². The van der Waals surface area contributed by atoms with Gasteiger partial charge in [0.1, 0.15) is 0 Å². The van der Waals surface area contributed by atoms with Gasteiger partial charge < -0.3 is 5.32 Å². The molecule has 0 heterocycles. The number of benzene rings is 2. The second kappa shape index (κ2) is 7.20. The van der Waals surface area contributed by atoms with E-state index < -0.39 is 0 Å². The summed E-state index contributed by atoms with van der Waals surface area (Å²) >= 11 is 11.2. The maximum atomic E-state index is 6.04. The van der Waals surface area contributed by atoms with E-state index in [1.54, 1.807) is 6.21 Å². The van der Waals surface area contributed by atoms with Crippen LogP contribution in [-0.2, 0) is 0 Å². The SMILES string of the molecule is Cc1ccc(NC(=S)NN=Cc2ccccc2Cl)c(C)c1. The van der Waals surface area contributed by atoms with Gasteiger partial charge in [-0.3, -0.25) is 5.43 Å². The Morgan fingerprint density at radius 2 is 1.95 bits per heavy atom. The fourth-order valence-electron chi connectivity index (χ4n) is 1.84. The van der Waals surface area contributed by atoms with Crippen LogP contribution in [0, 0.1) is 13.8 Å². The van der Waals surface area contributed by atoms with Crippen molar-refractivity contribution in [3.8, 4) is 0 Å². The minimum absolute atomic E-state index is 0.435. The van der Waals surface area contributed by atoms with E-state index in [9.17, 15) is 0 Å². The van der Waals surface area contributed by atoms with Crippen molar-refractivity contribution in [3.63, 3.8) is 0 Å². The lowest BCUT2D eigenvalue weighted by molar-refractivity contribution is 1.05. The molecule has 0 aliphatic carbocycles. The molecule has 2 aromatic rings. The fraction of sp³-hybridized carbons (Fsp3) is 0.125. The van der Waals surface area contributed by atoms with Crippen LogP contribution < -0.4 is 10.7 Å². The molecule has 2 N–H and O–H groups in total. The molecular weight excluding hydrogens is 302 g/mol. The Balaban J connectivity index is 1.95. The molecule has 2 aromatic carbocycles. The summed E-state index contributed by atoms with van der Waals surface area (Å²) in [5.41, 5.74) is 6.93. The molecule has 0 amide bonds. The zero-order valence-corrected chi connectivity index (χ0v) is 13.4. The van der Waals surface area contributed by atoms with Crippen molar-refractivity contribution in [2.24, 2.45) is 5.10 Å². The van der Waals surface area contributed by atoms with E-state index in [0.29, 0.717) is 10.1 Å². The van der Waals surface area contributed by atoms with Crippen LogP contribution in [0.2, 0.25) is 5.02 Å². The highest BCUT2D eigenvalue weighted by atomic mass is 35.5. The average Bonchev–Trinajstić information content (AvgIpc) is 2.44. The standard InChI is InChI=1S/C16H16ClN3S/c1-11-7-8-15(12(2)9-11)19-16(21)20-18-10-13-5-3-4-6-14(13)17/h3-10H,1-2H3,(H2,19,20,21). The molecule has 108 valence electrons. The van der Waals surface area contributed by atoms with Crippen LogP contribution in [0.4, 0.5) is 5.69 Å². The van der Waals surface area contributed by atoms with Crippen LogP contribution in [0.15, 0.2) is 47.6 Å². The average molecular weight is 318 g/mol. The number of halogens is 1. The number of thiocarbonyl (C=S) groups is 1. The second-order valence-electron chi connectivity index (χ2n) is 4.66. The Morgan fingerprint density at radius 1 is 1.19 bits per heavy atom. The molecule has 0 saturated heterocycles. The molecule has 0 spiro atoms. The van der Waals surface area contributed by atoms with Crippen molar-refractivity contribution < 1.29 is 0 Å². The van der Waals surface area contributed by atoms with E-state index in [1.165, 1.54) is 5.56 Å². The summed E-state index contributed by atoms with van der Waals surface area (Å²) in [5.74, 6) is 0. The largest absolute Gasteiger partial charge is 0.331 e. The second-order valence-corrected chi connectivity index (χ2v) is 5.48. The molecule has 3 nitrogen and oxygen atoms in total. The number of hydrogen-bond acceptors (Lipinski definition) is 2. The van der Waals surface area contributed by atoms with Crippen LogP contribution >= 0.6 is 23.8 Å². The Morgan fingerprint density at radius 3 is 2.67 bits per heavy atom. The van der Waals surface area contributed by atoms with E-state index >= 15 is 0 Å². The summed E-state index contributed by atoms with van der Waals surface area (Å²) in [6.07, 6.45) is 1.64. The predicted molar refractivity (Wildman–Crippen MR) is 94.3 cm³/mol. The molecule has 2 rings (SSSR count). The minimum Gasteiger partial charge on any atom is -0.331 e. The van der Waals surface area contributed by atoms with Crippen LogP contribution in [0.25, 0.3) is 0 Å². The highest BCUT2D eigenvalue weighted by Gasteiger charge is 2.00. The predicted octanol–water partition coefficient (Wildman–Crippen LogP) is 4.28. The van der Waals surface area contributed by atoms with E-state index in [0.717, 1.165) is 16.8 Å². The number of hydrazone groups is 1. The number of nitrogens with one attached hydrogen (secondary N) is 2. The molecule has 0 atom stereocenters. The van der Waals surface area contributed by atoms with Gasteiger partial charge >= 0.3 is 0 Å². The van der Waals surface area contributed by atoms with E-state index in [-0.39, 0.29) is 0 Å². The molecule has 0 saturated carbocycles. The van der Waals surface area contributed by atoms with Gasteiger partial charge in [0.2, 0.25) is 0 Å². The van der Waals surface area contributed by atoms with Gasteiger partial charge in [-0.15, -0.1) is 0 Å². The normalized spacial score (nSPS) is 10.6. The zero-order chi connectivity index (χ0) is 15.2. The molecule has 0 radical (unpaired) electrons. The minimum atomic E-state index is 0.435. The maximum Gasteiger partial charge on any atom is 0.191 e. The van der Waals surface area contributed by atoms with Crippen molar-refractivity contribution in [1.82, 2.24) is 5.43 Å². The fourth-order valence-corrected chi connectivity index (χ4v) is 2.19.